The number of nitrogens with one attached hydrogen (secondary N) is 2. The Kier molecular flexibility index (Phi) is 10.9. The summed E-state index contributed by atoms with van der Waals surface area (Å²) in [5, 5.41) is 21.6. The molecule has 1 aliphatic heterocycles. The van der Waals surface area contributed by atoms with E-state index in [9.17, 15) is 5.11 Å². The highest BCUT2D eigenvalue weighted by Crippen LogP contribution is 2.19. The van der Waals surface area contributed by atoms with Gasteiger partial charge >= 0.3 is 0 Å². The lowest BCUT2D eigenvalue weighted by atomic mass is 10.0. The van der Waals surface area contributed by atoms with Gasteiger partial charge in [-0.25, -0.2) is 4.99 Å². The molecule has 1 aromatic heterocycles. The van der Waals surface area contributed by atoms with Gasteiger partial charge < -0.3 is 15.7 Å². The second kappa shape index (κ2) is 13.1. The Hall–Kier alpha value is -1.69. The van der Waals surface area contributed by atoms with Crippen molar-refractivity contribution in [1.82, 2.24) is 30.2 Å². The lowest BCUT2D eigenvalue weighted by Gasteiger charge is -2.34. The number of piperazine rings is 1. The summed E-state index contributed by atoms with van der Waals surface area (Å²) in [5.41, 5.74) is 1.10. The van der Waals surface area contributed by atoms with Gasteiger partial charge in [-0.2, -0.15) is 5.10 Å². The van der Waals surface area contributed by atoms with Crippen LogP contribution in [-0.2, 0) is 19.2 Å². The van der Waals surface area contributed by atoms with E-state index in [1.54, 1.807) is 17.8 Å². The fourth-order valence-electron chi connectivity index (χ4n) is 3.71. The normalized spacial score (nSPS) is 17.4. The molecule has 3 rings (SSSR count). The number of nitrogens with zero attached hydrogens (tertiary/aromatic N) is 5. The minimum atomic E-state index is -1.05. The molecule has 178 valence electrons. The van der Waals surface area contributed by atoms with E-state index in [0.29, 0.717) is 0 Å². The van der Waals surface area contributed by atoms with Gasteiger partial charge in [-0.3, -0.25) is 14.5 Å². The van der Waals surface area contributed by atoms with Crippen LogP contribution >= 0.6 is 24.0 Å². The van der Waals surface area contributed by atoms with Gasteiger partial charge in [0.1, 0.15) is 5.60 Å². The van der Waals surface area contributed by atoms with Gasteiger partial charge in [0.2, 0.25) is 0 Å². The van der Waals surface area contributed by atoms with E-state index in [0.717, 1.165) is 63.9 Å². The van der Waals surface area contributed by atoms with E-state index < -0.39 is 5.60 Å². The van der Waals surface area contributed by atoms with Crippen LogP contribution in [0, 0.1) is 0 Å². The topological polar surface area (TPSA) is 80.9 Å². The third-order valence-electron chi connectivity index (χ3n) is 5.65. The number of hydrogen-bond donors (Lipinski definition) is 3. The molecule has 0 saturated carbocycles. The van der Waals surface area contributed by atoms with Crippen LogP contribution in [0.3, 0.4) is 0 Å². The maximum atomic E-state index is 10.7. The van der Waals surface area contributed by atoms with Crippen molar-refractivity contribution in [3.63, 3.8) is 0 Å². The molecule has 32 heavy (non-hydrogen) atoms. The van der Waals surface area contributed by atoms with Crippen molar-refractivity contribution in [2.75, 3.05) is 52.4 Å². The second-order valence-corrected chi connectivity index (χ2v) is 8.40. The first kappa shape index (κ1) is 26.6. The number of aromatic nitrogens is 2. The number of aliphatic hydroxyl groups is 1. The quantitative estimate of drug-likeness (QED) is 0.248. The summed E-state index contributed by atoms with van der Waals surface area (Å²) in [4.78, 5) is 9.60. The van der Waals surface area contributed by atoms with Gasteiger partial charge in [-0.05, 0) is 19.4 Å². The van der Waals surface area contributed by atoms with Crippen LogP contribution in [0.15, 0.2) is 47.7 Å². The van der Waals surface area contributed by atoms with Crippen molar-refractivity contribution in [1.29, 1.82) is 0 Å². The van der Waals surface area contributed by atoms with Crippen LogP contribution in [0.2, 0.25) is 0 Å². The van der Waals surface area contributed by atoms with Crippen molar-refractivity contribution >= 4 is 29.9 Å². The summed E-state index contributed by atoms with van der Waals surface area (Å²) in [5.74, 6) is 0.731. The first-order chi connectivity index (χ1) is 15.0. The molecule has 1 aliphatic rings. The number of aryl methyl sites for hydroxylation is 1. The maximum absolute atomic E-state index is 10.7. The SMILES string of the molecule is CCNC(=NCC(C)(O)c1cnn(C)c1)NCCN1CCN(Cc2ccccc2)CC1.I. The predicted molar refractivity (Wildman–Crippen MR) is 140 cm³/mol. The molecule has 0 spiro atoms. The van der Waals surface area contributed by atoms with Crippen molar-refractivity contribution in [3.8, 4) is 0 Å². The van der Waals surface area contributed by atoms with Crippen LogP contribution in [0.5, 0.6) is 0 Å². The van der Waals surface area contributed by atoms with Crippen LogP contribution < -0.4 is 10.6 Å². The summed E-state index contributed by atoms with van der Waals surface area (Å²) in [7, 11) is 1.84. The first-order valence-corrected chi connectivity index (χ1v) is 11.2. The molecule has 0 amide bonds. The van der Waals surface area contributed by atoms with Crippen molar-refractivity contribution in [3.05, 3.63) is 53.9 Å². The third kappa shape index (κ3) is 8.34. The molecular weight excluding hydrogens is 517 g/mol. The fourth-order valence-corrected chi connectivity index (χ4v) is 3.71. The van der Waals surface area contributed by atoms with Gasteiger partial charge in [-0.15, -0.1) is 24.0 Å². The number of hydrogen-bond acceptors (Lipinski definition) is 5. The zero-order chi connectivity index (χ0) is 22.1. The molecule has 2 heterocycles. The van der Waals surface area contributed by atoms with E-state index in [1.165, 1.54) is 5.56 Å². The molecule has 1 atom stereocenters. The predicted octanol–water partition coefficient (Wildman–Crippen LogP) is 1.62. The Labute approximate surface area is 209 Å². The Morgan fingerprint density at radius 3 is 2.44 bits per heavy atom. The minimum Gasteiger partial charge on any atom is -0.383 e. The van der Waals surface area contributed by atoms with Crippen molar-refractivity contribution in [2.24, 2.45) is 12.0 Å². The largest absolute Gasteiger partial charge is 0.383 e. The van der Waals surface area contributed by atoms with E-state index in [4.69, 9.17) is 0 Å². The molecule has 0 aliphatic carbocycles. The number of guanidine groups is 1. The molecule has 9 heteroatoms. The monoisotopic (exact) mass is 555 g/mol. The molecular formula is C23H38IN7O. The van der Waals surface area contributed by atoms with Crippen LogP contribution in [0.1, 0.15) is 25.0 Å². The first-order valence-electron chi connectivity index (χ1n) is 11.2. The Morgan fingerprint density at radius 1 is 1.12 bits per heavy atom. The van der Waals surface area contributed by atoms with Crippen LogP contribution in [0.25, 0.3) is 0 Å². The Bertz CT molecular complexity index is 817. The van der Waals surface area contributed by atoms with Gasteiger partial charge in [0.25, 0.3) is 0 Å². The Morgan fingerprint density at radius 2 is 1.81 bits per heavy atom. The van der Waals surface area contributed by atoms with E-state index >= 15 is 0 Å². The fraction of sp³-hybridized carbons (Fsp3) is 0.565. The maximum Gasteiger partial charge on any atom is 0.191 e. The molecule has 0 bridgehead atoms. The number of aliphatic imine (C=N–C) groups is 1. The molecule has 2 aromatic rings. The average molecular weight is 556 g/mol. The van der Waals surface area contributed by atoms with Crippen LogP contribution in [-0.4, -0.2) is 83.0 Å². The summed E-state index contributed by atoms with van der Waals surface area (Å²) in [6.07, 6.45) is 3.51. The number of benzene rings is 1. The second-order valence-electron chi connectivity index (χ2n) is 8.40. The lowest BCUT2D eigenvalue weighted by molar-refractivity contribution is 0.0671. The third-order valence-corrected chi connectivity index (χ3v) is 5.65. The van der Waals surface area contributed by atoms with E-state index in [-0.39, 0.29) is 30.5 Å². The number of halogens is 1. The van der Waals surface area contributed by atoms with Crippen molar-refractivity contribution < 1.29 is 5.11 Å². The molecule has 0 radical (unpaired) electrons. The summed E-state index contributed by atoms with van der Waals surface area (Å²) >= 11 is 0. The summed E-state index contributed by atoms with van der Waals surface area (Å²) in [6.45, 7) is 12.0. The van der Waals surface area contributed by atoms with Crippen molar-refractivity contribution in [2.45, 2.75) is 26.0 Å². The average Bonchev–Trinajstić information content (AvgIpc) is 3.21. The highest BCUT2D eigenvalue weighted by atomic mass is 127. The molecule has 3 N–H and O–H groups in total. The molecule has 1 unspecified atom stereocenters. The standard InChI is InChI=1S/C23H37N7O.HI/c1-4-24-22(26-19-23(2,31)21-16-27-28(3)18-21)25-10-11-29-12-14-30(15-13-29)17-20-8-6-5-7-9-20;/h5-9,16,18,31H,4,10-15,17,19H2,1-3H3,(H2,24,25,26);1H. The van der Waals surface area contributed by atoms with E-state index in [1.807, 2.05) is 20.2 Å². The van der Waals surface area contributed by atoms with Gasteiger partial charge in [0.05, 0.1) is 12.7 Å². The molecule has 8 nitrogen and oxygen atoms in total. The molecule has 1 aromatic carbocycles. The zero-order valence-electron chi connectivity index (χ0n) is 19.5. The zero-order valence-corrected chi connectivity index (χ0v) is 21.8. The molecule has 1 fully saturated rings. The highest BCUT2D eigenvalue weighted by molar-refractivity contribution is 14.0. The smallest absolute Gasteiger partial charge is 0.191 e. The van der Waals surface area contributed by atoms with Gasteiger partial charge in [0, 0.05) is 71.2 Å². The highest BCUT2D eigenvalue weighted by Gasteiger charge is 2.24. The van der Waals surface area contributed by atoms with Gasteiger partial charge in [0.15, 0.2) is 5.96 Å². The summed E-state index contributed by atoms with van der Waals surface area (Å²) < 4.78 is 1.69. The number of rotatable bonds is 9. The lowest BCUT2D eigenvalue weighted by Crippen LogP contribution is -2.49. The van der Waals surface area contributed by atoms with Gasteiger partial charge in [-0.1, -0.05) is 30.3 Å². The minimum absolute atomic E-state index is 0. The van der Waals surface area contributed by atoms with E-state index in [2.05, 4.69) is 60.9 Å². The van der Waals surface area contributed by atoms with Crippen LogP contribution in [0.4, 0.5) is 0 Å². The Balaban J connectivity index is 0.00000363. The molecule has 1 saturated heterocycles. The summed E-state index contributed by atoms with van der Waals surface area (Å²) in [6, 6.07) is 10.7.